The highest BCUT2D eigenvalue weighted by Crippen LogP contribution is 2.26. The van der Waals surface area contributed by atoms with Gasteiger partial charge in [0.25, 0.3) is 10.0 Å². The Hall–Kier alpha value is -2.67. The van der Waals surface area contributed by atoms with Crippen LogP contribution in [0, 0.1) is 0 Å². The number of rotatable bonds is 6. The van der Waals surface area contributed by atoms with Crippen LogP contribution in [-0.4, -0.2) is 23.2 Å². The lowest BCUT2D eigenvalue weighted by molar-refractivity contribution is 0.601. The van der Waals surface area contributed by atoms with Crippen molar-refractivity contribution in [1.82, 2.24) is 14.8 Å². The highest BCUT2D eigenvalue weighted by atomic mass is 32.2. The normalized spacial score (nSPS) is 15.3. The van der Waals surface area contributed by atoms with Gasteiger partial charge in [0.1, 0.15) is 5.82 Å². The molecule has 1 aromatic heterocycles. The Morgan fingerprint density at radius 2 is 1.87 bits per heavy atom. The summed E-state index contributed by atoms with van der Waals surface area (Å²) in [4.78, 5) is 0.260. The minimum Gasteiger partial charge on any atom is -0.311 e. The van der Waals surface area contributed by atoms with Crippen LogP contribution >= 0.6 is 0 Å². The van der Waals surface area contributed by atoms with E-state index >= 15 is 0 Å². The molecule has 1 atom stereocenters. The van der Waals surface area contributed by atoms with Crippen LogP contribution in [0.25, 0.3) is 11.4 Å². The smallest absolute Gasteiger partial charge is 0.261 e. The predicted octanol–water partition coefficient (Wildman–Crippen LogP) is 4.99. The number of anilines is 1. The average Bonchev–Trinajstić information content (AvgIpc) is 3.01. The van der Waals surface area contributed by atoms with E-state index in [0.717, 1.165) is 55.0 Å². The molecule has 0 aliphatic carbocycles. The molecule has 1 aliphatic heterocycles. The third-order valence-electron chi connectivity index (χ3n) is 5.85. The monoisotopic (exact) mass is 424 g/mol. The van der Waals surface area contributed by atoms with Crippen molar-refractivity contribution in [3.63, 3.8) is 0 Å². The third kappa shape index (κ3) is 4.26. The minimum atomic E-state index is -3.66. The lowest BCUT2D eigenvalue weighted by Gasteiger charge is -2.12. The molecule has 2 heterocycles. The van der Waals surface area contributed by atoms with Crippen LogP contribution in [0.15, 0.2) is 53.4 Å². The summed E-state index contributed by atoms with van der Waals surface area (Å²) in [5.74, 6) is 2.21. The first-order valence-corrected chi connectivity index (χ1v) is 12.1. The van der Waals surface area contributed by atoms with Gasteiger partial charge >= 0.3 is 0 Å². The molecule has 0 radical (unpaired) electrons. The Kier molecular flexibility index (Phi) is 5.90. The lowest BCUT2D eigenvalue weighted by Crippen LogP contribution is -2.13. The summed E-state index contributed by atoms with van der Waals surface area (Å²) >= 11 is 0. The van der Waals surface area contributed by atoms with Gasteiger partial charge in [-0.2, -0.15) is 0 Å². The van der Waals surface area contributed by atoms with Crippen molar-refractivity contribution in [3.8, 4) is 11.4 Å². The number of fused-ring (bicyclic) bond motifs is 1. The summed E-state index contributed by atoms with van der Waals surface area (Å²) in [5.41, 5.74) is 2.53. The molecule has 4 rings (SSSR count). The zero-order chi connectivity index (χ0) is 21.1. The zero-order valence-electron chi connectivity index (χ0n) is 17.5. The highest BCUT2D eigenvalue weighted by Gasteiger charge is 2.18. The van der Waals surface area contributed by atoms with E-state index < -0.39 is 10.0 Å². The molecule has 7 heteroatoms. The van der Waals surface area contributed by atoms with Crippen molar-refractivity contribution >= 4 is 15.7 Å². The molecule has 0 spiro atoms. The molecule has 1 aliphatic rings. The molecule has 0 saturated carbocycles. The summed E-state index contributed by atoms with van der Waals surface area (Å²) in [7, 11) is -3.66. The molecule has 6 nitrogen and oxygen atoms in total. The summed E-state index contributed by atoms with van der Waals surface area (Å²) < 4.78 is 30.6. The van der Waals surface area contributed by atoms with Gasteiger partial charge in [0.2, 0.25) is 0 Å². The maximum Gasteiger partial charge on any atom is 0.261 e. The Balaban J connectivity index is 1.58. The van der Waals surface area contributed by atoms with Gasteiger partial charge in [0.05, 0.1) is 4.90 Å². The van der Waals surface area contributed by atoms with Crippen LogP contribution in [-0.2, 0) is 23.0 Å². The van der Waals surface area contributed by atoms with Gasteiger partial charge in [-0.05, 0) is 55.0 Å². The standard InChI is InChI=1S/C23H28N4O2S/c1-3-17(2)18-11-13-21(14-12-18)30(28,29)26-20-9-7-8-19(16-20)23-25-24-22-10-5-4-6-15-27(22)23/h7-9,11-14,16-17,26H,3-6,10,15H2,1-2H3/t17-/m1/s1. The fourth-order valence-corrected chi connectivity index (χ4v) is 4.90. The van der Waals surface area contributed by atoms with Gasteiger partial charge in [0.15, 0.2) is 5.82 Å². The first kappa shape index (κ1) is 20.6. The SMILES string of the molecule is CC[C@@H](C)c1ccc(S(=O)(=O)Nc2cccc(-c3nnc4n3CCCCC4)c2)cc1. The predicted molar refractivity (Wildman–Crippen MR) is 119 cm³/mol. The topological polar surface area (TPSA) is 76.9 Å². The Morgan fingerprint density at radius 3 is 2.63 bits per heavy atom. The first-order valence-electron chi connectivity index (χ1n) is 10.6. The van der Waals surface area contributed by atoms with Crippen LogP contribution in [0.3, 0.4) is 0 Å². The minimum absolute atomic E-state index is 0.260. The van der Waals surface area contributed by atoms with Crippen molar-refractivity contribution in [3.05, 3.63) is 59.9 Å². The van der Waals surface area contributed by atoms with Crippen LogP contribution in [0.1, 0.15) is 56.8 Å². The maximum atomic E-state index is 12.9. The number of hydrogen-bond acceptors (Lipinski definition) is 4. The molecule has 0 fully saturated rings. The second kappa shape index (κ2) is 8.60. The number of hydrogen-bond donors (Lipinski definition) is 1. The molecular weight excluding hydrogens is 396 g/mol. The number of sulfonamides is 1. The molecule has 30 heavy (non-hydrogen) atoms. The number of benzene rings is 2. The number of aromatic nitrogens is 3. The molecule has 0 bridgehead atoms. The van der Waals surface area contributed by atoms with Gasteiger partial charge < -0.3 is 4.57 Å². The van der Waals surface area contributed by atoms with E-state index in [9.17, 15) is 8.42 Å². The van der Waals surface area contributed by atoms with E-state index in [4.69, 9.17) is 0 Å². The fourth-order valence-electron chi connectivity index (χ4n) is 3.85. The number of nitrogens with one attached hydrogen (secondary N) is 1. The van der Waals surface area contributed by atoms with Gasteiger partial charge in [-0.25, -0.2) is 8.42 Å². The maximum absolute atomic E-state index is 12.9. The number of nitrogens with zero attached hydrogens (tertiary/aromatic N) is 3. The van der Waals surface area contributed by atoms with E-state index in [1.807, 2.05) is 30.3 Å². The molecule has 1 N–H and O–H groups in total. The molecular formula is C23H28N4O2S. The Bertz CT molecular complexity index is 1120. The van der Waals surface area contributed by atoms with Crippen molar-refractivity contribution < 1.29 is 8.42 Å². The van der Waals surface area contributed by atoms with Crippen LogP contribution in [0.5, 0.6) is 0 Å². The second-order valence-corrected chi connectivity index (χ2v) is 9.65. The molecule has 158 valence electrons. The van der Waals surface area contributed by atoms with E-state index in [-0.39, 0.29) is 4.90 Å². The Morgan fingerprint density at radius 1 is 1.07 bits per heavy atom. The van der Waals surface area contributed by atoms with E-state index in [2.05, 4.69) is 33.3 Å². The van der Waals surface area contributed by atoms with Gasteiger partial charge in [-0.3, -0.25) is 4.72 Å². The van der Waals surface area contributed by atoms with Crippen molar-refractivity contribution in [2.45, 2.75) is 63.3 Å². The quantitative estimate of drug-likeness (QED) is 0.605. The van der Waals surface area contributed by atoms with E-state index in [0.29, 0.717) is 11.6 Å². The zero-order valence-corrected chi connectivity index (χ0v) is 18.3. The summed E-state index contributed by atoms with van der Waals surface area (Å²) in [6.07, 6.45) is 5.39. The molecule has 0 amide bonds. The lowest BCUT2D eigenvalue weighted by atomic mass is 9.99. The van der Waals surface area contributed by atoms with Crippen LogP contribution in [0.4, 0.5) is 5.69 Å². The average molecular weight is 425 g/mol. The van der Waals surface area contributed by atoms with Crippen LogP contribution < -0.4 is 4.72 Å². The molecule has 0 unspecified atom stereocenters. The van der Waals surface area contributed by atoms with Gasteiger partial charge in [-0.15, -0.1) is 10.2 Å². The van der Waals surface area contributed by atoms with Gasteiger partial charge in [-0.1, -0.05) is 44.5 Å². The number of aryl methyl sites for hydroxylation is 1. The van der Waals surface area contributed by atoms with Crippen LogP contribution in [0.2, 0.25) is 0 Å². The largest absolute Gasteiger partial charge is 0.311 e. The molecule has 0 saturated heterocycles. The third-order valence-corrected chi connectivity index (χ3v) is 7.25. The summed E-state index contributed by atoms with van der Waals surface area (Å²) in [6, 6.07) is 14.5. The van der Waals surface area contributed by atoms with E-state index in [1.165, 1.54) is 6.42 Å². The van der Waals surface area contributed by atoms with Crippen molar-refractivity contribution in [1.29, 1.82) is 0 Å². The first-order chi connectivity index (χ1) is 14.5. The molecule has 3 aromatic rings. The van der Waals surface area contributed by atoms with Gasteiger partial charge in [0, 0.05) is 24.2 Å². The van der Waals surface area contributed by atoms with Crippen molar-refractivity contribution in [2.24, 2.45) is 0 Å². The summed E-state index contributed by atoms with van der Waals surface area (Å²) in [6.45, 7) is 5.16. The van der Waals surface area contributed by atoms with Crippen molar-refractivity contribution in [2.75, 3.05) is 4.72 Å². The summed E-state index contributed by atoms with van der Waals surface area (Å²) in [5, 5.41) is 8.72. The second-order valence-electron chi connectivity index (χ2n) is 7.97. The van der Waals surface area contributed by atoms with E-state index in [1.54, 1.807) is 18.2 Å². The Labute approximate surface area is 178 Å². The molecule has 2 aromatic carbocycles. The highest BCUT2D eigenvalue weighted by molar-refractivity contribution is 7.92. The fraction of sp³-hybridized carbons (Fsp3) is 0.391.